The maximum Gasteiger partial charge on any atom is 0.371 e. The molecule has 0 saturated heterocycles. The maximum atomic E-state index is 11.5. The summed E-state index contributed by atoms with van der Waals surface area (Å²) in [5.74, 6) is -1.50. The number of carbonyl (C=O) groups is 1. The Balaban J connectivity index is 2.37. The van der Waals surface area contributed by atoms with Crippen LogP contribution in [-0.4, -0.2) is 30.9 Å². The van der Waals surface area contributed by atoms with Crippen LogP contribution in [0.5, 0.6) is 0 Å². The van der Waals surface area contributed by atoms with E-state index in [-0.39, 0.29) is 16.4 Å². The molecule has 0 spiro atoms. The topological polar surface area (TPSA) is 105 Å². The summed E-state index contributed by atoms with van der Waals surface area (Å²) in [6, 6.07) is 8.32. The van der Waals surface area contributed by atoms with Crippen LogP contribution in [0, 0.1) is 0 Å². The Bertz CT molecular complexity index is 744. The van der Waals surface area contributed by atoms with E-state index in [1.807, 2.05) is 0 Å². The zero-order valence-electron chi connectivity index (χ0n) is 10.5. The first-order valence-corrected chi connectivity index (χ1v) is 7.49. The van der Waals surface area contributed by atoms with Crippen molar-refractivity contribution >= 4 is 15.8 Å². The highest BCUT2D eigenvalue weighted by molar-refractivity contribution is 7.90. The zero-order valence-corrected chi connectivity index (χ0v) is 11.3. The molecular weight excluding hydrogens is 284 g/mol. The molecule has 2 rings (SSSR count). The molecule has 1 aromatic carbocycles. The lowest BCUT2D eigenvalue weighted by Crippen LogP contribution is -2.02. The van der Waals surface area contributed by atoms with E-state index in [1.54, 1.807) is 0 Å². The van der Waals surface area contributed by atoms with Gasteiger partial charge in [-0.25, -0.2) is 13.2 Å². The molecule has 0 aliphatic heterocycles. The largest absolute Gasteiger partial charge is 0.475 e. The summed E-state index contributed by atoms with van der Waals surface area (Å²) in [7, 11) is -3.39. The number of aromatic carboxylic acids is 1. The standard InChI is InChI=1S/C13H12O6S/c1-20(17,18)9-4-2-3-8(7-9)12(14)10-5-6-11(19-10)13(15)16/h2-7,12,14H,1H3,(H,15,16). The van der Waals surface area contributed by atoms with Crippen molar-refractivity contribution in [2.45, 2.75) is 11.0 Å². The lowest BCUT2D eigenvalue weighted by Gasteiger charge is -2.09. The lowest BCUT2D eigenvalue weighted by atomic mass is 10.1. The first-order valence-electron chi connectivity index (χ1n) is 5.60. The van der Waals surface area contributed by atoms with Crippen LogP contribution in [0.1, 0.15) is 28.0 Å². The van der Waals surface area contributed by atoms with E-state index in [1.165, 1.54) is 36.4 Å². The van der Waals surface area contributed by atoms with Gasteiger partial charge < -0.3 is 14.6 Å². The van der Waals surface area contributed by atoms with Crippen molar-refractivity contribution in [1.29, 1.82) is 0 Å². The highest BCUT2D eigenvalue weighted by Gasteiger charge is 2.19. The Hall–Kier alpha value is -2.12. The van der Waals surface area contributed by atoms with Crippen molar-refractivity contribution in [3.8, 4) is 0 Å². The summed E-state index contributed by atoms with van der Waals surface area (Å²) < 4.78 is 27.9. The highest BCUT2D eigenvalue weighted by Crippen LogP contribution is 2.25. The van der Waals surface area contributed by atoms with Crippen LogP contribution in [-0.2, 0) is 9.84 Å². The fourth-order valence-electron chi connectivity index (χ4n) is 1.69. The van der Waals surface area contributed by atoms with Crippen molar-refractivity contribution in [3.05, 3.63) is 53.5 Å². The van der Waals surface area contributed by atoms with Crippen LogP contribution < -0.4 is 0 Å². The number of carboxylic acid groups (broad SMARTS) is 1. The molecule has 1 atom stereocenters. The summed E-state index contributed by atoms with van der Waals surface area (Å²) >= 11 is 0. The highest BCUT2D eigenvalue weighted by atomic mass is 32.2. The van der Waals surface area contributed by atoms with Crippen molar-refractivity contribution < 1.29 is 27.8 Å². The average molecular weight is 296 g/mol. The van der Waals surface area contributed by atoms with Crippen LogP contribution in [0.4, 0.5) is 0 Å². The first-order chi connectivity index (χ1) is 9.29. The summed E-state index contributed by atoms with van der Waals surface area (Å²) in [6.45, 7) is 0. The second-order valence-electron chi connectivity index (χ2n) is 4.25. The van der Waals surface area contributed by atoms with Gasteiger partial charge in [0.15, 0.2) is 9.84 Å². The summed E-state index contributed by atoms with van der Waals surface area (Å²) in [4.78, 5) is 10.8. The van der Waals surface area contributed by atoms with Crippen LogP contribution in [0.15, 0.2) is 45.7 Å². The number of hydrogen-bond acceptors (Lipinski definition) is 5. The Morgan fingerprint density at radius 2 is 1.95 bits per heavy atom. The molecule has 0 fully saturated rings. The lowest BCUT2D eigenvalue weighted by molar-refractivity contribution is 0.0655. The molecule has 0 aliphatic carbocycles. The molecule has 106 valence electrons. The number of sulfone groups is 1. The first kappa shape index (κ1) is 14.3. The number of furan rings is 1. The molecule has 2 aromatic rings. The minimum absolute atomic E-state index is 0.0352. The van der Waals surface area contributed by atoms with Crippen molar-refractivity contribution in [2.75, 3.05) is 6.26 Å². The summed E-state index contributed by atoms with van der Waals surface area (Å²) in [5.41, 5.74) is 0.305. The Labute approximate surface area is 115 Å². The fourth-order valence-corrected chi connectivity index (χ4v) is 2.37. The molecule has 0 amide bonds. The molecule has 20 heavy (non-hydrogen) atoms. The molecular formula is C13H12O6S. The van der Waals surface area contributed by atoms with Gasteiger partial charge in [-0.15, -0.1) is 0 Å². The van der Waals surface area contributed by atoms with Gasteiger partial charge in [-0.05, 0) is 29.8 Å². The third-order valence-corrected chi connectivity index (χ3v) is 3.82. The number of aliphatic hydroxyl groups excluding tert-OH is 1. The minimum Gasteiger partial charge on any atom is -0.475 e. The molecule has 0 bridgehead atoms. The van der Waals surface area contributed by atoms with E-state index in [9.17, 15) is 18.3 Å². The maximum absolute atomic E-state index is 11.5. The Kier molecular flexibility index (Phi) is 3.65. The Morgan fingerprint density at radius 1 is 1.25 bits per heavy atom. The predicted molar refractivity (Wildman–Crippen MR) is 69.3 cm³/mol. The normalized spacial score (nSPS) is 13.1. The number of carboxylic acids is 1. The third kappa shape index (κ3) is 2.89. The van der Waals surface area contributed by atoms with Crippen molar-refractivity contribution in [1.82, 2.24) is 0 Å². The van der Waals surface area contributed by atoms with Gasteiger partial charge in [-0.1, -0.05) is 12.1 Å². The van der Waals surface area contributed by atoms with Gasteiger partial charge in [0.1, 0.15) is 11.9 Å². The van der Waals surface area contributed by atoms with E-state index in [4.69, 9.17) is 9.52 Å². The van der Waals surface area contributed by atoms with E-state index in [0.29, 0.717) is 5.56 Å². The summed E-state index contributed by atoms with van der Waals surface area (Å²) in [6.07, 6.45) is -0.168. The summed E-state index contributed by atoms with van der Waals surface area (Å²) in [5, 5.41) is 18.8. The predicted octanol–water partition coefficient (Wildman–Crippen LogP) is 1.46. The second kappa shape index (κ2) is 5.10. The van der Waals surface area contributed by atoms with E-state index in [0.717, 1.165) is 6.26 Å². The molecule has 0 aliphatic rings. The SMILES string of the molecule is CS(=O)(=O)c1cccc(C(O)c2ccc(C(=O)O)o2)c1. The molecule has 1 aromatic heterocycles. The van der Waals surface area contributed by atoms with Gasteiger partial charge in [-0.3, -0.25) is 0 Å². The van der Waals surface area contributed by atoms with E-state index >= 15 is 0 Å². The van der Waals surface area contributed by atoms with Crippen molar-refractivity contribution in [2.24, 2.45) is 0 Å². The van der Waals surface area contributed by atoms with Gasteiger partial charge >= 0.3 is 5.97 Å². The number of hydrogen-bond donors (Lipinski definition) is 2. The van der Waals surface area contributed by atoms with Gasteiger partial charge in [0, 0.05) is 6.26 Å². The van der Waals surface area contributed by atoms with Crippen LogP contribution >= 0.6 is 0 Å². The molecule has 2 N–H and O–H groups in total. The number of aliphatic hydroxyl groups is 1. The average Bonchev–Trinajstić information content (AvgIpc) is 2.87. The van der Waals surface area contributed by atoms with Crippen LogP contribution in [0.2, 0.25) is 0 Å². The smallest absolute Gasteiger partial charge is 0.371 e. The molecule has 6 nitrogen and oxygen atoms in total. The number of rotatable bonds is 4. The van der Waals surface area contributed by atoms with Gasteiger partial charge in [0.2, 0.25) is 5.76 Å². The van der Waals surface area contributed by atoms with Crippen LogP contribution in [0.3, 0.4) is 0 Å². The Morgan fingerprint density at radius 3 is 2.50 bits per heavy atom. The third-order valence-electron chi connectivity index (χ3n) is 2.71. The fraction of sp³-hybridized carbons (Fsp3) is 0.154. The van der Waals surface area contributed by atoms with Gasteiger partial charge in [-0.2, -0.15) is 0 Å². The van der Waals surface area contributed by atoms with E-state index in [2.05, 4.69) is 0 Å². The zero-order chi connectivity index (χ0) is 14.9. The van der Waals surface area contributed by atoms with E-state index < -0.39 is 21.9 Å². The number of benzene rings is 1. The molecule has 1 heterocycles. The quantitative estimate of drug-likeness (QED) is 0.885. The van der Waals surface area contributed by atoms with Crippen LogP contribution in [0.25, 0.3) is 0 Å². The second-order valence-corrected chi connectivity index (χ2v) is 6.27. The minimum atomic E-state index is -3.39. The monoisotopic (exact) mass is 296 g/mol. The molecule has 7 heteroatoms. The van der Waals surface area contributed by atoms with Crippen molar-refractivity contribution in [3.63, 3.8) is 0 Å². The molecule has 0 saturated carbocycles. The van der Waals surface area contributed by atoms with Gasteiger partial charge in [0.05, 0.1) is 4.90 Å². The molecule has 1 unspecified atom stereocenters. The van der Waals surface area contributed by atoms with Gasteiger partial charge in [0.25, 0.3) is 0 Å². The molecule has 0 radical (unpaired) electrons.